The Morgan fingerprint density at radius 2 is 2.22 bits per heavy atom. The Morgan fingerprint density at radius 1 is 1.26 bits per heavy atom. The maximum atomic E-state index is 4.59. The van der Waals surface area contributed by atoms with Gasteiger partial charge in [-0.15, -0.1) is 0 Å². The lowest BCUT2D eigenvalue weighted by Crippen LogP contribution is -2.54. The quantitative estimate of drug-likeness (QED) is 0.869. The predicted molar refractivity (Wildman–Crippen MR) is 109 cm³/mol. The molecule has 2 aromatic heterocycles. The minimum atomic E-state index is 0.464. The number of anilines is 1. The van der Waals surface area contributed by atoms with Gasteiger partial charge in [-0.05, 0) is 63.6 Å². The summed E-state index contributed by atoms with van der Waals surface area (Å²) in [6.07, 6.45) is 13.3. The molecule has 1 spiro atoms. The van der Waals surface area contributed by atoms with Crippen molar-refractivity contribution < 1.29 is 0 Å². The van der Waals surface area contributed by atoms with Crippen LogP contribution >= 0.6 is 0 Å². The molecule has 0 radical (unpaired) electrons. The molecule has 2 aliphatic heterocycles. The summed E-state index contributed by atoms with van der Waals surface area (Å²) in [5, 5.41) is 7.96. The van der Waals surface area contributed by atoms with E-state index in [1.165, 1.54) is 71.1 Å². The fourth-order valence-corrected chi connectivity index (χ4v) is 5.89. The molecule has 2 N–H and O–H groups in total. The highest BCUT2D eigenvalue weighted by molar-refractivity contribution is 5.87. The number of aromatic nitrogens is 3. The number of rotatable bonds is 4. The highest BCUT2D eigenvalue weighted by Crippen LogP contribution is 2.40. The SMILES string of the molecule is CNc1ncnc2c1ccn2C1CCC(CN2CCCCC23CCNC3)C1. The Hall–Kier alpha value is -1.66. The molecule has 2 saturated heterocycles. The molecule has 3 fully saturated rings. The average molecular weight is 369 g/mol. The van der Waals surface area contributed by atoms with E-state index in [9.17, 15) is 0 Å². The summed E-state index contributed by atoms with van der Waals surface area (Å²) in [5.74, 6) is 1.74. The normalized spacial score (nSPS) is 31.9. The van der Waals surface area contributed by atoms with Crippen molar-refractivity contribution in [1.82, 2.24) is 24.8 Å². The number of fused-ring (bicyclic) bond motifs is 1. The lowest BCUT2D eigenvalue weighted by atomic mass is 9.84. The third kappa shape index (κ3) is 3.03. The van der Waals surface area contributed by atoms with E-state index in [1.807, 2.05) is 7.05 Å². The summed E-state index contributed by atoms with van der Waals surface area (Å²) in [6.45, 7) is 4.99. The predicted octanol–water partition coefficient (Wildman–Crippen LogP) is 3.03. The van der Waals surface area contributed by atoms with Gasteiger partial charge in [-0.3, -0.25) is 4.90 Å². The van der Waals surface area contributed by atoms with Gasteiger partial charge in [0.2, 0.25) is 0 Å². The molecule has 5 rings (SSSR count). The van der Waals surface area contributed by atoms with Crippen LogP contribution in [-0.2, 0) is 0 Å². The van der Waals surface area contributed by atoms with Crippen LogP contribution in [0.15, 0.2) is 18.6 Å². The van der Waals surface area contributed by atoms with Crippen LogP contribution in [0.5, 0.6) is 0 Å². The van der Waals surface area contributed by atoms with E-state index in [0.717, 1.165) is 22.8 Å². The minimum Gasteiger partial charge on any atom is -0.372 e. The van der Waals surface area contributed by atoms with Crippen LogP contribution in [0.1, 0.15) is 51.0 Å². The standard InChI is InChI=1S/C21H32N6/c1-22-19-18-6-11-27(20(18)25-15-24-19)17-5-4-16(12-17)13-26-10-3-2-7-21(26)8-9-23-14-21/h6,11,15-17,23H,2-5,7-10,12-14H2,1H3,(H,22,24,25). The molecule has 146 valence electrons. The summed E-state index contributed by atoms with van der Waals surface area (Å²) in [5.41, 5.74) is 1.54. The maximum absolute atomic E-state index is 4.59. The second-order valence-electron chi connectivity index (χ2n) is 8.82. The van der Waals surface area contributed by atoms with Crippen LogP contribution in [0.2, 0.25) is 0 Å². The van der Waals surface area contributed by atoms with Crippen molar-refractivity contribution in [2.24, 2.45) is 5.92 Å². The molecule has 3 aliphatic rings. The van der Waals surface area contributed by atoms with Gasteiger partial charge in [0.25, 0.3) is 0 Å². The molecule has 0 amide bonds. The monoisotopic (exact) mass is 368 g/mol. The summed E-state index contributed by atoms with van der Waals surface area (Å²) in [4.78, 5) is 11.8. The number of nitrogens with one attached hydrogen (secondary N) is 2. The summed E-state index contributed by atoms with van der Waals surface area (Å²) in [6, 6.07) is 2.74. The number of nitrogens with zero attached hydrogens (tertiary/aromatic N) is 4. The smallest absolute Gasteiger partial charge is 0.145 e. The maximum Gasteiger partial charge on any atom is 0.145 e. The zero-order valence-corrected chi connectivity index (χ0v) is 16.5. The third-order valence-electron chi connectivity index (χ3n) is 7.34. The molecule has 27 heavy (non-hydrogen) atoms. The lowest BCUT2D eigenvalue weighted by molar-refractivity contribution is 0.0470. The zero-order chi connectivity index (χ0) is 18.3. The minimum absolute atomic E-state index is 0.464. The van der Waals surface area contributed by atoms with E-state index in [0.29, 0.717) is 11.6 Å². The fraction of sp³-hybridized carbons (Fsp3) is 0.714. The molecule has 3 atom stereocenters. The van der Waals surface area contributed by atoms with Crippen molar-refractivity contribution >= 4 is 16.9 Å². The van der Waals surface area contributed by atoms with E-state index in [1.54, 1.807) is 6.33 Å². The van der Waals surface area contributed by atoms with Crippen molar-refractivity contribution in [3.63, 3.8) is 0 Å². The van der Waals surface area contributed by atoms with Crippen molar-refractivity contribution in [3.8, 4) is 0 Å². The zero-order valence-electron chi connectivity index (χ0n) is 16.5. The van der Waals surface area contributed by atoms with E-state index in [4.69, 9.17) is 0 Å². The first kappa shape index (κ1) is 17.4. The first-order chi connectivity index (χ1) is 13.3. The van der Waals surface area contributed by atoms with E-state index in [2.05, 4.69) is 42.3 Å². The van der Waals surface area contributed by atoms with Crippen molar-refractivity contribution in [3.05, 3.63) is 18.6 Å². The Bertz CT molecular complexity index is 793. The molecule has 4 heterocycles. The van der Waals surface area contributed by atoms with Crippen molar-refractivity contribution in [2.75, 3.05) is 38.5 Å². The molecular formula is C21H32N6. The molecule has 3 unspecified atom stereocenters. The molecule has 0 aromatic carbocycles. The van der Waals surface area contributed by atoms with Crippen LogP contribution in [0.4, 0.5) is 5.82 Å². The average Bonchev–Trinajstić information content (AvgIpc) is 3.43. The van der Waals surface area contributed by atoms with Gasteiger partial charge in [0.05, 0.1) is 5.39 Å². The number of hydrogen-bond acceptors (Lipinski definition) is 5. The highest BCUT2D eigenvalue weighted by atomic mass is 15.2. The van der Waals surface area contributed by atoms with E-state index >= 15 is 0 Å². The first-order valence-electron chi connectivity index (χ1n) is 10.7. The highest BCUT2D eigenvalue weighted by Gasteiger charge is 2.42. The van der Waals surface area contributed by atoms with Crippen molar-refractivity contribution in [2.45, 2.75) is 56.5 Å². The third-order valence-corrected chi connectivity index (χ3v) is 7.34. The van der Waals surface area contributed by atoms with Crippen LogP contribution in [-0.4, -0.2) is 58.2 Å². The second-order valence-corrected chi connectivity index (χ2v) is 8.82. The molecule has 6 nitrogen and oxygen atoms in total. The molecule has 2 aromatic rings. The van der Waals surface area contributed by atoms with Crippen molar-refractivity contribution in [1.29, 1.82) is 0 Å². The van der Waals surface area contributed by atoms with E-state index < -0.39 is 0 Å². The number of likely N-dealkylation sites (tertiary alicyclic amines) is 1. The van der Waals surface area contributed by atoms with E-state index in [-0.39, 0.29) is 0 Å². The lowest BCUT2D eigenvalue weighted by Gasteiger charge is -2.45. The van der Waals surface area contributed by atoms with Gasteiger partial charge in [0, 0.05) is 37.9 Å². The Kier molecular flexibility index (Phi) is 4.56. The largest absolute Gasteiger partial charge is 0.372 e. The summed E-state index contributed by atoms with van der Waals surface area (Å²) >= 11 is 0. The summed E-state index contributed by atoms with van der Waals surface area (Å²) in [7, 11) is 1.93. The molecule has 6 heteroatoms. The van der Waals surface area contributed by atoms with Crippen LogP contribution in [0.3, 0.4) is 0 Å². The first-order valence-corrected chi connectivity index (χ1v) is 10.7. The number of piperidine rings is 1. The van der Waals surface area contributed by atoms with Gasteiger partial charge in [-0.2, -0.15) is 0 Å². The summed E-state index contributed by atoms with van der Waals surface area (Å²) < 4.78 is 2.40. The Morgan fingerprint density at radius 3 is 3.07 bits per heavy atom. The number of hydrogen-bond donors (Lipinski definition) is 2. The Balaban J connectivity index is 1.30. The Labute approximate surface area is 161 Å². The molecule has 1 saturated carbocycles. The van der Waals surface area contributed by atoms with Crippen LogP contribution in [0.25, 0.3) is 11.0 Å². The van der Waals surface area contributed by atoms with Crippen LogP contribution < -0.4 is 10.6 Å². The topological polar surface area (TPSA) is 58.0 Å². The second kappa shape index (κ2) is 7.06. The van der Waals surface area contributed by atoms with Crippen LogP contribution in [0, 0.1) is 5.92 Å². The van der Waals surface area contributed by atoms with Gasteiger partial charge in [-0.25, -0.2) is 9.97 Å². The molecule has 0 bridgehead atoms. The van der Waals surface area contributed by atoms with Gasteiger partial charge in [0.1, 0.15) is 17.8 Å². The van der Waals surface area contributed by atoms with Gasteiger partial charge in [0.15, 0.2) is 0 Å². The van der Waals surface area contributed by atoms with Gasteiger partial charge < -0.3 is 15.2 Å². The van der Waals surface area contributed by atoms with Gasteiger partial charge in [-0.1, -0.05) is 6.42 Å². The molecular weight excluding hydrogens is 336 g/mol. The molecule has 1 aliphatic carbocycles. The fourth-order valence-electron chi connectivity index (χ4n) is 5.89. The van der Waals surface area contributed by atoms with Gasteiger partial charge >= 0.3 is 0 Å².